The first-order valence-electron chi connectivity index (χ1n) is 9.23. The van der Waals surface area contributed by atoms with E-state index in [1.807, 2.05) is 24.3 Å². The Hall–Kier alpha value is -3.14. The molecule has 1 heterocycles. The van der Waals surface area contributed by atoms with Crippen molar-refractivity contribution >= 4 is 6.03 Å². The first-order valence-corrected chi connectivity index (χ1v) is 9.23. The summed E-state index contributed by atoms with van der Waals surface area (Å²) >= 11 is 0. The van der Waals surface area contributed by atoms with Crippen LogP contribution in [0.3, 0.4) is 0 Å². The number of likely N-dealkylation sites (tertiary alicyclic amines) is 1. The van der Waals surface area contributed by atoms with Crippen molar-refractivity contribution in [2.24, 2.45) is 0 Å². The molecular formula is C22H21F3N2O2. The van der Waals surface area contributed by atoms with Crippen molar-refractivity contribution in [3.8, 4) is 17.6 Å². The number of hydrogen-bond donors (Lipinski definition) is 1. The molecule has 1 aliphatic heterocycles. The lowest BCUT2D eigenvalue weighted by Gasteiger charge is -2.25. The molecule has 1 atom stereocenters. The van der Waals surface area contributed by atoms with Crippen molar-refractivity contribution in [2.45, 2.75) is 25.1 Å². The van der Waals surface area contributed by atoms with E-state index in [0.29, 0.717) is 6.54 Å². The molecule has 152 valence electrons. The quantitative estimate of drug-likeness (QED) is 0.762. The number of carbonyl (C=O) groups excluding carboxylic acids is 1. The zero-order valence-corrected chi connectivity index (χ0v) is 15.9. The van der Waals surface area contributed by atoms with Gasteiger partial charge in [0.1, 0.15) is 5.75 Å². The molecule has 1 N–H and O–H groups in total. The minimum absolute atomic E-state index is 0.0403. The molecule has 0 saturated carbocycles. The van der Waals surface area contributed by atoms with Gasteiger partial charge in [-0.25, -0.2) is 4.79 Å². The molecule has 0 bridgehead atoms. The monoisotopic (exact) mass is 402 g/mol. The van der Waals surface area contributed by atoms with E-state index in [-0.39, 0.29) is 24.2 Å². The van der Waals surface area contributed by atoms with Crippen LogP contribution in [0.25, 0.3) is 0 Å². The van der Waals surface area contributed by atoms with Gasteiger partial charge >= 0.3 is 12.2 Å². The van der Waals surface area contributed by atoms with Crippen molar-refractivity contribution in [1.29, 1.82) is 0 Å². The van der Waals surface area contributed by atoms with E-state index >= 15 is 0 Å². The van der Waals surface area contributed by atoms with Gasteiger partial charge in [0.05, 0.1) is 25.3 Å². The highest BCUT2D eigenvalue weighted by Gasteiger charge is 2.31. The van der Waals surface area contributed by atoms with Gasteiger partial charge in [-0.05, 0) is 48.7 Å². The lowest BCUT2D eigenvalue weighted by atomic mass is 10.0. The summed E-state index contributed by atoms with van der Waals surface area (Å²) in [5.41, 5.74) is 0.517. The van der Waals surface area contributed by atoms with E-state index in [1.165, 1.54) is 12.1 Å². The van der Waals surface area contributed by atoms with Crippen LogP contribution in [0, 0.1) is 11.8 Å². The number of methoxy groups -OCH3 is 1. The second-order valence-electron chi connectivity index (χ2n) is 6.67. The molecule has 3 rings (SSSR count). The molecule has 7 heteroatoms. The maximum atomic E-state index is 12.7. The van der Waals surface area contributed by atoms with E-state index in [4.69, 9.17) is 4.74 Å². The molecule has 2 aromatic carbocycles. The number of alkyl halides is 3. The average Bonchev–Trinajstić information content (AvgIpc) is 3.21. The Bertz CT molecular complexity index is 931. The van der Waals surface area contributed by atoms with Crippen molar-refractivity contribution in [1.82, 2.24) is 10.2 Å². The molecule has 0 aromatic heterocycles. The predicted octanol–water partition coefficient (Wildman–Crippen LogP) is 4.61. The number of nitrogens with one attached hydrogen (secondary N) is 1. The third-order valence-corrected chi connectivity index (χ3v) is 4.74. The number of hydrogen-bond acceptors (Lipinski definition) is 2. The van der Waals surface area contributed by atoms with Crippen molar-refractivity contribution in [2.75, 3.05) is 20.2 Å². The van der Waals surface area contributed by atoms with Crippen molar-refractivity contribution in [3.05, 3.63) is 65.2 Å². The number of ether oxygens (including phenoxy) is 1. The fourth-order valence-corrected chi connectivity index (χ4v) is 3.35. The first-order chi connectivity index (χ1) is 13.9. The van der Waals surface area contributed by atoms with Gasteiger partial charge in [0.15, 0.2) is 0 Å². The summed E-state index contributed by atoms with van der Waals surface area (Å²) in [5.74, 6) is 6.11. The van der Waals surface area contributed by atoms with Crippen LogP contribution in [0.2, 0.25) is 0 Å². The molecule has 1 fully saturated rings. The van der Waals surface area contributed by atoms with Crippen LogP contribution in [0.4, 0.5) is 18.0 Å². The number of benzene rings is 2. The lowest BCUT2D eigenvalue weighted by Crippen LogP contribution is -2.39. The lowest BCUT2D eigenvalue weighted by molar-refractivity contribution is -0.137. The van der Waals surface area contributed by atoms with Gasteiger partial charge in [-0.15, -0.1) is 0 Å². The average molecular weight is 402 g/mol. The third-order valence-electron chi connectivity index (χ3n) is 4.74. The fraction of sp³-hybridized carbons (Fsp3) is 0.318. The number of urea groups is 1. The predicted molar refractivity (Wildman–Crippen MR) is 103 cm³/mol. The topological polar surface area (TPSA) is 41.6 Å². The van der Waals surface area contributed by atoms with E-state index in [1.54, 1.807) is 12.0 Å². The van der Waals surface area contributed by atoms with Crippen LogP contribution in [0.1, 0.15) is 35.6 Å². The molecule has 1 aliphatic rings. The molecular weight excluding hydrogens is 381 g/mol. The Kier molecular flexibility index (Phi) is 6.32. The van der Waals surface area contributed by atoms with Gasteiger partial charge in [0.25, 0.3) is 0 Å². The minimum Gasteiger partial charge on any atom is -0.497 e. The van der Waals surface area contributed by atoms with Crippen LogP contribution >= 0.6 is 0 Å². The summed E-state index contributed by atoms with van der Waals surface area (Å²) < 4.78 is 43.5. The van der Waals surface area contributed by atoms with Gasteiger partial charge in [-0.3, -0.25) is 0 Å². The van der Waals surface area contributed by atoms with Crippen molar-refractivity contribution < 1.29 is 22.7 Å². The summed E-state index contributed by atoms with van der Waals surface area (Å²) in [5, 5.41) is 2.73. The Morgan fingerprint density at radius 2 is 2.03 bits per heavy atom. The highest BCUT2D eigenvalue weighted by molar-refractivity contribution is 5.75. The molecule has 1 saturated heterocycles. The van der Waals surface area contributed by atoms with Gasteiger partial charge in [0, 0.05) is 12.1 Å². The highest BCUT2D eigenvalue weighted by atomic mass is 19.4. The molecule has 1 unspecified atom stereocenters. The van der Waals surface area contributed by atoms with Crippen LogP contribution < -0.4 is 10.1 Å². The molecule has 0 aliphatic carbocycles. The molecule has 2 amide bonds. The Morgan fingerprint density at radius 1 is 1.24 bits per heavy atom. The zero-order chi connectivity index (χ0) is 20.9. The van der Waals surface area contributed by atoms with Crippen molar-refractivity contribution in [3.63, 3.8) is 0 Å². The number of carbonyl (C=O) groups is 1. The van der Waals surface area contributed by atoms with E-state index in [9.17, 15) is 18.0 Å². The number of amides is 2. The highest BCUT2D eigenvalue weighted by Crippen LogP contribution is 2.33. The second-order valence-corrected chi connectivity index (χ2v) is 6.67. The molecule has 29 heavy (non-hydrogen) atoms. The SMILES string of the molecule is COc1cccc(C2CCCN2C(=O)NCC#Cc2cccc(C(F)(F)F)c2)c1. The smallest absolute Gasteiger partial charge is 0.416 e. The maximum Gasteiger partial charge on any atom is 0.416 e. The van der Waals surface area contributed by atoms with Crippen LogP contribution in [0.5, 0.6) is 5.75 Å². The van der Waals surface area contributed by atoms with Gasteiger partial charge in [-0.2, -0.15) is 13.2 Å². The van der Waals surface area contributed by atoms with Crippen LogP contribution in [0.15, 0.2) is 48.5 Å². The number of halogens is 3. The van der Waals surface area contributed by atoms with Crippen LogP contribution in [-0.2, 0) is 6.18 Å². The van der Waals surface area contributed by atoms with Gasteiger partial charge < -0.3 is 15.0 Å². The fourth-order valence-electron chi connectivity index (χ4n) is 3.35. The summed E-state index contributed by atoms with van der Waals surface area (Å²) in [6.07, 6.45) is -2.65. The molecule has 0 spiro atoms. The normalized spacial score (nSPS) is 16.1. The maximum absolute atomic E-state index is 12.7. The third kappa shape index (κ3) is 5.23. The summed E-state index contributed by atoms with van der Waals surface area (Å²) in [7, 11) is 1.60. The standard InChI is InChI=1S/C22H21F3N2O2/c1-29-19-10-3-8-17(15-19)20-11-5-13-27(20)21(28)26-12-4-7-16-6-2-9-18(14-16)22(23,24)25/h2-3,6,8-10,14-15,20H,5,11-13H2,1H3,(H,26,28). The Labute approximate surface area is 167 Å². The molecule has 4 nitrogen and oxygen atoms in total. The second kappa shape index (κ2) is 8.91. The summed E-state index contributed by atoms with van der Waals surface area (Å²) in [6, 6.07) is 12.2. The van der Waals surface area contributed by atoms with E-state index in [0.717, 1.165) is 36.3 Å². The van der Waals surface area contributed by atoms with E-state index in [2.05, 4.69) is 17.2 Å². The van der Waals surface area contributed by atoms with Crippen LogP contribution in [-0.4, -0.2) is 31.1 Å². The Morgan fingerprint density at radius 3 is 2.79 bits per heavy atom. The molecule has 2 aromatic rings. The Balaban J connectivity index is 1.60. The van der Waals surface area contributed by atoms with E-state index < -0.39 is 11.7 Å². The number of nitrogens with zero attached hydrogens (tertiary/aromatic N) is 1. The van der Waals surface area contributed by atoms with Gasteiger partial charge in [-0.1, -0.05) is 30.0 Å². The largest absolute Gasteiger partial charge is 0.497 e. The molecule has 0 radical (unpaired) electrons. The summed E-state index contributed by atoms with van der Waals surface area (Å²) in [6.45, 7) is 0.686. The van der Waals surface area contributed by atoms with Gasteiger partial charge in [0.2, 0.25) is 0 Å². The zero-order valence-electron chi connectivity index (χ0n) is 15.9. The minimum atomic E-state index is -4.41. The summed E-state index contributed by atoms with van der Waals surface area (Å²) in [4.78, 5) is 14.3. The number of rotatable bonds is 3. The first kappa shape index (κ1) is 20.6.